The first kappa shape index (κ1) is 18.1. The Balaban J connectivity index is 1.70. The lowest BCUT2D eigenvalue weighted by molar-refractivity contribution is -0.161. The molecule has 10 heteroatoms. The van der Waals surface area contributed by atoms with Gasteiger partial charge in [-0.3, -0.25) is 9.59 Å². The van der Waals surface area contributed by atoms with E-state index in [9.17, 15) is 19.5 Å². The summed E-state index contributed by atoms with van der Waals surface area (Å²) in [7, 11) is 0. The number of rotatable bonds is 5. The summed E-state index contributed by atoms with van der Waals surface area (Å²) in [5.41, 5.74) is 9.49. The summed E-state index contributed by atoms with van der Waals surface area (Å²) in [6, 6.07) is 5.04. The number of hydrogen-bond acceptors (Lipinski definition) is 5. The molecular weight excluding hydrogens is 358 g/mol. The van der Waals surface area contributed by atoms with Crippen LogP contribution in [0.2, 0.25) is 0 Å². The number of nitrogens with zero attached hydrogens (tertiary/aromatic N) is 4. The van der Waals surface area contributed by atoms with E-state index in [2.05, 4.69) is 15.3 Å². The van der Waals surface area contributed by atoms with Gasteiger partial charge in [-0.25, -0.2) is 4.79 Å². The fraction of sp³-hybridized carbons (Fsp3) is 0.438. The van der Waals surface area contributed by atoms with Crippen LogP contribution < -0.4 is 5.32 Å². The average molecular weight is 375 g/mol. The smallest absolute Gasteiger partial charge is 0.327 e. The highest BCUT2D eigenvalue weighted by Crippen LogP contribution is 2.50. The van der Waals surface area contributed by atoms with E-state index in [0.29, 0.717) is 11.3 Å². The van der Waals surface area contributed by atoms with Crippen LogP contribution >= 0.6 is 11.8 Å². The minimum atomic E-state index is -1.05. The predicted molar refractivity (Wildman–Crippen MR) is 94.6 cm³/mol. The maximum Gasteiger partial charge on any atom is 0.327 e. The number of carboxylic acids is 1. The number of aliphatic carboxylic acids is 1. The highest BCUT2D eigenvalue weighted by molar-refractivity contribution is 8.01. The molecular formula is C16H17N5O4S. The molecule has 2 saturated heterocycles. The van der Waals surface area contributed by atoms with Crippen molar-refractivity contribution < 1.29 is 19.5 Å². The van der Waals surface area contributed by atoms with Crippen LogP contribution in [0, 0.1) is 0 Å². The second-order valence-corrected chi connectivity index (χ2v) is 8.41. The maximum atomic E-state index is 12.4. The molecule has 0 saturated carbocycles. The van der Waals surface area contributed by atoms with Crippen molar-refractivity contribution in [1.82, 2.24) is 10.2 Å². The SMILES string of the molecule is CC1(C)SC2C(NC(=O)Cc3ccccc3N=[N+]=[N-])C(=O)N2C1C(=O)O. The summed E-state index contributed by atoms with van der Waals surface area (Å²) in [6.07, 6.45) is -0.0396. The minimum absolute atomic E-state index is 0.0396. The fourth-order valence-electron chi connectivity index (χ4n) is 3.35. The van der Waals surface area contributed by atoms with E-state index in [1.165, 1.54) is 16.7 Å². The number of azide groups is 1. The van der Waals surface area contributed by atoms with Gasteiger partial charge < -0.3 is 15.3 Å². The number of carboxylic acid groups (broad SMARTS) is 1. The quantitative estimate of drug-likeness (QED) is 0.350. The van der Waals surface area contributed by atoms with Crippen molar-refractivity contribution in [3.8, 4) is 0 Å². The first-order valence-corrected chi connectivity index (χ1v) is 8.79. The van der Waals surface area contributed by atoms with Crippen molar-refractivity contribution in [2.45, 2.75) is 42.5 Å². The van der Waals surface area contributed by atoms with E-state index in [0.717, 1.165) is 0 Å². The van der Waals surface area contributed by atoms with Crippen molar-refractivity contribution in [3.05, 3.63) is 40.3 Å². The molecule has 0 radical (unpaired) electrons. The lowest BCUT2D eigenvalue weighted by atomic mass is 9.96. The molecule has 2 amide bonds. The topological polar surface area (TPSA) is 135 Å². The van der Waals surface area contributed by atoms with Gasteiger partial charge in [0.25, 0.3) is 0 Å². The standard InChI is InChI=1S/C16H17N5O4S/c1-16(2)12(15(24)25)21-13(23)11(14(21)26-16)18-10(22)7-8-5-3-4-6-9(8)19-20-17/h3-6,11-12,14H,7H2,1-2H3,(H,18,22)(H,24,25). The Bertz CT molecular complexity index is 836. The van der Waals surface area contributed by atoms with Gasteiger partial charge in [0.05, 0.1) is 6.42 Å². The molecule has 3 rings (SSSR count). The highest BCUT2D eigenvalue weighted by Gasteiger charge is 2.64. The zero-order chi connectivity index (χ0) is 19.1. The Morgan fingerprint density at radius 2 is 2.12 bits per heavy atom. The number of nitrogens with one attached hydrogen (secondary N) is 1. The number of thioether (sulfide) groups is 1. The van der Waals surface area contributed by atoms with Crippen LogP contribution in [0.1, 0.15) is 19.4 Å². The second kappa shape index (κ2) is 6.54. The van der Waals surface area contributed by atoms with E-state index >= 15 is 0 Å². The third-order valence-electron chi connectivity index (χ3n) is 4.49. The molecule has 1 aromatic carbocycles. The maximum absolute atomic E-state index is 12.4. The zero-order valence-corrected chi connectivity index (χ0v) is 14.9. The molecule has 0 bridgehead atoms. The van der Waals surface area contributed by atoms with E-state index in [4.69, 9.17) is 5.53 Å². The Kier molecular flexibility index (Phi) is 4.55. The highest BCUT2D eigenvalue weighted by atomic mass is 32.2. The van der Waals surface area contributed by atoms with Crippen LogP contribution in [0.4, 0.5) is 5.69 Å². The molecule has 0 aromatic heterocycles. The molecule has 1 aromatic rings. The number of fused-ring (bicyclic) bond motifs is 1. The molecule has 9 nitrogen and oxygen atoms in total. The molecule has 3 unspecified atom stereocenters. The molecule has 136 valence electrons. The van der Waals surface area contributed by atoms with Crippen molar-refractivity contribution in [2.24, 2.45) is 5.11 Å². The van der Waals surface area contributed by atoms with Crippen LogP contribution in [0.3, 0.4) is 0 Å². The summed E-state index contributed by atoms with van der Waals surface area (Å²) in [5, 5.41) is 15.2. The number of carbonyl (C=O) groups is 3. The summed E-state index contributed by atoms with van der Waals surface area (Å²) < 4.78 is -0.639. The Labute approximate surface area is 153 Å². The third kappa shape index (κ3) is 2.97. The van der Waals surface area contributed by atoms with E-state index in [1.807, 2.05) is 0 Å². The van der Waals surface area contributed by atoms with Gasteiger partial charge in [0.15, 0.2) is 0 Å². The number of benzene rings is 1. The Hall–Kier alpha value is -2.71. The van der Waals surface area contributed by atoms with Gasteiger partial charge in [-0.2, -0.15) is 0 Å². The van der Waals surface area contributed by atoms with E-state index < -0.39 is 34.1 Å². The lowest BCUT2D eigenvalue weighted by Crippen LogP contribution is -2.70. The molecule has 2 N–H and O–H groups in total. The number of amides is 2. The van der Waals surface area contributed by atoms with E-state index in [1.54, 1.807) is 38.1 Å². The molecule has 0 spiro atoms. The Morgan fingerprint density at radius 3 is 2.77 bits per heavy atom. The normalized spacial score (nSPS) is 25.7. The summed E-state index contributed by atoms with van der Waals surface area (Å²) in [5.74, 6) is -1.83. The van der Waals surface area contributed by atoms with Crippen molar-refractivity contribution in [2.75, 3.05) is 0 Å². The summed E-state index contributed by atoms with van der Waals surface area (Å²) in [6.45, 7) is 3.55. The van der Waals surface area contributed by atoms with Crippen molar-refractivity contribution in [1.29, 1.82) is 0 Å². The van der Waals surface area contributed by atoms with Gasteiger partial charge in [0.2, 0.25) is 11.8 Å². The second-order valence-electron chi connectivity index (χ2n) is 6.64. The molecule has 3 atom stereocenters. The van der Waals surface area contributed by atoms with Gasteiger partial charge >= 0.3 is 5.97 Å². The van der Waals surface area contributed by atoms with Crippen LogP contribution in [0.5, 0.6) is 0 Å². The Morgan fingerprint density at radius 1 is 1.42 bits per heavy atom. The van der Waals surface area contributed by atoms with E-state index in [-0.39, 0.29) is 12.3 Å². The van der Waals surface area contributed by atoms with Gasteiger partial charge in [-0.1, -0.05) is 29.4 Å². The van der Waals surface area contributed by atoms with Crippen LogP contribution in [0.25, 0.3) is 10.4 Å². The first-order valence-electron chi connectivity index (χ1n) is 7.91. The van der Waals surface area contributed by atoms with Crippen molar-refractivity contribution >= 4 is 35.2 Å². The third-order valence-corrected chi connectivity index (χ3v) is 6.06. The van der Waals surface area contributed by atoms with Crippen LogP contribution in [0.15, 0.2) is 29.4 Å². The van der Waals surface area contributed by atoms with Gasteiger partial charge in [-0.05, 0) is 24.9 Å². The number of β-lactam (4-membered cyclic amide) rings is 1. The number of carbonyl (C=O) groups excluding carboxylic acids is 2. The van der Waals surface area contributed by atoms with Crippen LogP contribution in [-0.4, -0.2) is 50.0 Å². The minimum Gasteiger partial charge on any atom is -0.480 e. The summed E-state index contributed by atoms with van der Waals surface area (Å²) >= 11 is 1.37. The fourth-order valence-corrected chi connectivity index (χ4v) is 4.97. The van der Waals surface area contributed by atoms with Crippen molar-refractivity contribution in [3.63, 3.8) is 0 Å². The molecule has 26 heavy (non-hydrogen) atoms. The zero-order valence-electron chi connectivity index (χ0n) is 14.1. The van der Waals surface area contributed by atoms with Gasteiger partial charge in [0.1, 0.15) is 17.5 Å². The van der Waals surface area contributed by atoms with Gasteiger partial charge in [-0.15, -0.1) is 11.8 Å². The molecule has 0 aliphatic carbocycles. The predicted octanol–water partition coefficient (Wildman–Crippen LogP) is 1.80. The average Bonchev–Trinajstić information content (AvgIpc) is 2.83. The molecule has 2 heterocycles. The number of hydrogen-bond donors (Lipinski definition) is 2. The summed E-state index contributed by atoms with van der Waals surface area (Å²) in [4.78, 5) is 40.3. The molecule has 2 fully saturated rings. The lowest BCUT2D eigenvalue weighted by Gasteiger charge is -2.43. The van der Waals surface area contributed by atoms with Gasteiger partial charge in [0, 0.05) is 15.3 Å². The van der Waals surface area contributed by atoms with Crippen LogP contribution in [-0.2, 0) is 20.8 Å². The molecule has 2 aliphatic rings. The monoisotopic (exact) mass is 375 g/mol. The first-order chi connectivity index (χ1) is 12.3. The molecule has 2 aliphatic heterocycles. The largest absolute Gasteiger partial charge is 0.480 e.